The van der Waals surface area contributed by atoms with Crippen LogP contribution in [0, 0.1) is 0 Å². The Morgan fingerprint density at radius 3 is 2.00 bits per heavy atom. The van der Waals surface area contributed by atoms with Gasteiger partial charge in [-0.15, -0.1) is 0 Å². The van der Waals surface area contributed by atoms with Gasteiger partial charge in [0, 0.05) is 12.8 Å². The Hall–Kier alpha value is -6.05. The van der Waals surface area contributed by atoms with Crippen LogP contribution in [0.3, 0.4) is 0 Å². The van der Waals surface area contributed by atoms with Crippen molar-refractivity contribution < 1.29 is 43.4 Å². The Morgan fingerprint density at radius 2 is 1.40 bits per heavy atom. The highest BCUT2D eigenvalue weighted by Crippen LogP contribution is 2.24. The van der Waals surface area contributed by atoms with Gasteiger partial charge in [0.25, 0.3) is 12.4 Å². The second kappa shape index (κ2) is 28.4. The van der Waals surface area contributed by atoms with E-state index in [-0.39, 0.29) is 37.8 Å². The molecule has 0 aromatic heterocycles. The fraction of sp³-hybridized carbons (Fsp3) is 0.432. The van der Waals surface area contributed by atoms with Gasteiger partial charge in [0.05, 0.1) is 25.7 Å². The molecule has 0 radical (unpaired) electrons. The molecule has 0 saturated heterocycles. The Morgan fingerprint density at radius 1 is 0.776 bits per heavy atom. The van der Waals surface area contributed by atoms with E-state index in [0.717, 1.165) is 11.1 Å². The van der Waals surface area contributed by atoms with Gasteiger partial charge in [0.1, 0.15) is 17.5 Å². The highest BCUT2D eigenvalue weighted by molar-refractivity contribution is 6.37. The number of amides is 5. The number of Topliss-reactive ketones (excluding diaryl/α,β-unsaturated/α-hetero) is 1. The molecule has 5 amide bonds. The van der Waals surface area contributed by atoms with Crippen LogP contribution in [-0.2, 0) is 46.4 Å². The standard InChI is InChI=1S/C33H35N5O7.C6H12.C4H10.CH2O2/c1-21(24-7-3-2-4-8-24)37-30(41)20-36-33(44)28(39)18-35-32(43)27-17-23-6-5-9-26(16-23)45-25-13-10-22(11-14-25)12-15-29(40)34-19-31(42)38-27;1-2-4-6-5-3-1;1-3-4-2;2-1-3/h2-11,13-14,16,21,27H,12,15,17-20H2,1H3,(H,34,40)(H,35,43)(H,36,44)(H,37,41)(H,38,42);1-6H2;3-4H2,1-2H3;1H,(H,2,3). The van der Waals surface area contributed by atoms with E-state index < -0.39 is 48.5 Å². The summed E-state index contributed by atoms with van der Waals surface area (Å²) in [5.74, 6) is -3.06. The van der Waals surface area contributed by atoms with Crippen molar-refractivity contribution >= 4 is 41.8 Å². The largest absolute Gasteiger partial charge is 0.483 e. The molecule has 2 aliphatic heterocycles. The SMILES string of the molecule is C1CCCCC1.CC(NC(=O)CNC(=O)C(=O)CNC(=O)C1Cc2cccc(c2)Oc2ccc(cc2)CCC(=O)NCC(=O)N1)c1ccccc1.CCCC.O=CO. The minimum absolute atomic E-state index is 0.0296. The molecule has 3 aliphatic rings. The Balaban J connectivity index is 0.000000767. The molecule has 2 heterocycles. The third-order valence-corrected chi connectivity index (χ3v) is 9.00. The number of nitrogens with one attached hydrogen (secondary N) is 5. The number of benzene rings is 3. The number of hydrogen-bond donors (Lipinski definition) is 6. The van der Waals surface area contributed by atoms with Crippen molar-refractivity contribution in [1.82, 2.24) is 26.6 Å². The van der Waals surface area contributed by atoms with Gasteiger partial charge in [-0.25, -0.2) is 0 Å². The van der Waals surface area contributed by atoms with Crippen molar-refractivity contribution in [2.24, 2.45) is 0 Å². The maximum atomic E-state index is 13.1. The number of ketones is 1. The van der Waals surface area contributed by atoms with Gasteiger partial charge in [-0.05, 0) is 54.3 Å². The molecular formula is C44H59N5O9. The van der Waals surface area contributed by atoms with E-state index in [0.29, 0.717) is 23.5 Å². The van der Waals surface area contributed by atoms with Crippen LogP contribution in [0.2, 0.25) is 0 Å². The molecule has 0 spiro atoms. The number of carbonyl (C=O) groups is 7. The summed E-state index contributed by atoms with van der Waals surface area (Å²) in [5, 5.41) is 19.4. The lowest BCUT2D eigenvalue weighted by Gasteiger charge is -2.19. The quantitative estimate of drug-likeness (QED) is 0.126. The van der Waals surface area contributed by atoms with Crippen molar-refractivity contribution in [3.63, 3.8) is 0 Å². The minimum atomic E-state index is -1.14. The number of hydrogen-bond acceptors (Lipinski definition) is 8. The maximum absolute atomic E-state index is 13.1. The molecule has 14 nitrogen and oxygen atoms in total. The van der Waals surface area contributed by atoms with Gasteiger partial charge >= 0.3 is 0 Å². The van der Waals surface area contributed by atoms with Crippen LogP contribution in [0.15, 0.2) is 78.9 Å². The molecular weight excluding hydrogens is 743 g/mol. The maximum Gasteiger partial charge on any atom is 0.290 e. The lowest BCUT2D eigenvalue weighted by molar-refractivity contribution is -0.139. The number of unbranched alkanes of at least 4 members (excludes halogenated alkanes) is 1. The van der Waals surface area contributed by atoms with Crippen LogP contribution in [0.5, 0.6) is 11.5 Å². The first-order valence-electron chi connectivity index (χ1n) is 19.9. The Labute approximate surface area is 341 Å². The van der Waals surface area contributed by atoms with E-state index in [4.69, 9.17) is 14.6 Å². The number of carboxylic acid groups (broad SMARTS) is 1. The topological polar surface area (TPSA) is 209 Å². The molecule has 2 atom stereocenters. The fourth-order valence-corrected chi connectivity index (χ4v) is 5.62. The van der Waals surface area contributed by atoms with E-state index >= 15 is 0 Å². The number of rotatable bonds is 9. The zero-order valence-corrected chi connectivity index (χ0v) is 33.9. The Bertz CT molecular complexity index is 1720. The van der Waals surface area contributed by atoms with Crippen LogP contribution < -0.4 is 31.3 Å². The molecule has 14 heteroatoms. The van der Waals surface area contributed by atoms with Gasteiger partial charge in [0.2, 0.25) is 29.4 Å². The minimum Gasteiger partial charge on any atom is -0.483 e. The third kappa shape index (κ3) is 20.2. The first-order chi connectivity index (χ1) is 28.0. The lowest BCUT2D eigenvalue weighted by Crippen LogP contribution is -2.52. The average Bonchev–Trinajstić information content (AvgIpc) is 3.24. The second-order valence-electron chi connectivity index (χ2n) is 13.7. The van der Waals surface area contributed by atoms with Crippen molar-refractivity contribution in [2.45, 2.75) is 103 Å². The highest BCUT2D eigenvalue weighted by Gasteiger charge is 2.24. The molecule has 314 valence electrons. The van der Waals surface area contributed by atoms with E-state index in [2.05, 4.69) is 40.4 Å². The molecule has 6 rings (SSSR count). The van der Waals surface area contributed by atoms with E-state index in [9.17, 15) is 28.8 Å². The van der Waals surface area contributed by atoms with E-state index in [1.807, 2.05) is 42.5 Å². The summed E-state index contributed by atoms with van der Waals surface area (Å²) < 4.78 is 5.94. The molecule has 3 aromatic rings. The smallest absolute Gasteiger partial charge is 0.290 e. The zero-order valence-electron chi connectivity index (χ0n) is 33.9. The molecule has 4 bridgehead atoms. The third-order valence-electron chi connectivity index (χ3n) is 9.00. The molecule has 6 N–H and O–H groups in total. The van der Waals surface area contributed by atoms with Crippen LogP contribution in [-0.4, -0.2) is 72.6 Å². The molecule has 3 aromatic carbocycles. The summed E-state index contributed by atoms with van der Waals surface area (Å²) in [6.45, 7) is 4.46. The normalized spacial score (nSPS) is 15.4. The monoisotopic (exact) mass is 801 g/mol. The summed E-state index contributed by atoms with van der Waals surface area (Å²) in [7, 11) is 0. The molecule has 1 saturated carbocycles. The van der Waals surface area contributed by atoms with Gasteiger partial charge in [-0.2, -0.15) is 0 Å². The second-order valence-corrected chi connectivity index (χ2v) is 13.7. The van der Waals surface area contributed by atoms with Gasteiger partial charge in [0.15, 0.2) is 0 Å². The van der Waals surface area contributed by atoms with Crippen LogP contribution in [0.4, 0.5) is 0 Å². The number of ether oxygens (including phenoxy) is 1. The molecule has 2 unspecified atom stereocenters. The van der Waals surface area contributed by atoms with Crippen LogP contribution >= 0.6 is 0 Å². The van der Waals surface area contributed by atoms with Crippen LogP contribution in [0.1, 0.15) is 101 Å². The summed E-state index contributed by atoms with van der Waals surface area (Å²) in [6, 6.07) is 22.1. The fourth-order valence-electron chi connectivity index (χ4n) is 5.62. The van der Waals surface area contributed by atoms with Crippen molar-refractivity contribution in [3.8, 4) is 11.5 Å². The first kappa shape index (κ1) is 48.1. The number of carbonyl (C=O) groups excluding carboxylic acids is 6. The Kier molecular flexibility index (Phi) is 23.5. The van der Waals surface area contributed by atoms with E-state index in [1.54, 1.807) is 43.3 Å². The zero-order chi connectivity index (χ0) is 42.5. The predicted octanol–water partition coefficient (Wildman–Crippen LogP) is 5.10. The van der Waals surface area contributed by atoms with Gasteiger partial charge in [-0.3, -0.25) is 33.6 Å². The number of fused-ring (bicyclic) bond motifs is 10. The molecule has 1 fully saturated rings. The summed E-state index contributed by atoms with van der Waals surface area (Å²) in [6.07, 6.45) is 12.3. The number of aryl methyl sites for hydroxylation is 1. The van der Waals surface area contributed by atoms with Gasteiger partial charge in [-0.1, -0.05) is 120 Å². The lowest BCUT2D eigenvalue weighted by atomic mass is 10.0. The first-order valence-corrected chi connectivity index (χ1v) is 19.9. The van der Waals surface area contributed by atoms with Crippen molar-refractivity contribution in [1.29, 1.82) is 0 Å². The summed E-state index contributed by atoms with van der Waals surface area (Å²) in [4.78, 5) is 83.4. The van der Waals surface area contributed by atoms with Crippen LogP contribution in [0.25, 0.3) is 0 Å². The average molecular weight is 802 g/mol. The molecule has 58 heavy (non-hydrogen) atoms. The molecule has 1 aliphatic carbocycles. The van der Waals surface area contributed by atoms with Crippen molar-refractivity contribution in [3.05, 3.63) is 95.6 Å². The van der Waals surface area contributed by atoms with E-state index in [1.165, 1.54) is 51.4 Å². The predicted molar refractivity (Wildman–Crippen MR) is 221 cm³/mol. The highest BCUT2D eigenvalue weighted by atomic mass is 16.5. The summed E-state index contributed by atoms with van der Waals surface area (Å²) in [5.41, 5.74) is 2.46. The summed E-state index contributed by atoms with van der Waals surface area (Å²) >= 11 is 0. The van der Waals surface area contributed by atoms with Crippen molar-refractivity contribution in [2.75, 3.05) is 19.6 Å². The van der Waals surface area contributed by atoms with Gasteiger partial charge < -0.3 is 36.4 Å².